The van der Waals surface area contributed by atoms with Crippen LogP contribution in [0.1, 0.15) is 12.8 Å². The fourth-order valence-electron chi connectivity index (χ4n) is 1.61. The van der Waals surface area contributed by atoms with Crippen LogP contribution in [0.15, 0.2) is 0 Å². The van der Waals surface area contributed by atoms with Gasteiger partial charge < -0.3 is 5.32 Å². The second-order valence-corrected chi connectivity index (χ2v) is 4.14. The maximum absolute atomic E-state index is 3.47. The zero-order valence-corrected chi connectivity index (χ0v) is 6.41. The number of hydrogen-bond donors (Lipinski definition) is 1. The first-order valence-electron chi connectivity index (χ1n) is 3.78. The van der Waals surface area contributed by atoms with E-state index in [2.05, 4.69) is 17.1 Å². The van der Waals surface area contributed by atoms with E-state index < -0.39 is 0 Å². The predicted molar refractivity (Wildman–Crippen MR) is 41.8 cm³/mol. The normalized spacial score (nSPS) is 42.7. The predicted octanol–water partition coefficient (Wildman–Crippen LogP) is 1.10. The Labute approximate surface area is 60.6 Å². The minimum atomic E-state index is 0.887. The van der Waals surface area contributed by atoms with E-state index in [0.717, 1.165) is 12.0 Å². The molecule has 9 heavy (non-hydrogen) atoms. The van der Waals surface area contributed by atoms with Gasteiger partial charge in [0.15, 0.2) is 0 Å². The summed E-state index contributed by atoms with van der Waals surface area (Å²) in [4.78, 5) is 0. The molecule has 2 aliphatic rings. The average molecular weight is 143 g/mol. The van der Waals surface area contributed by atoms with Crippen molar-refractivity contribution < 1.29 is 0 Å². The van der Waals surface area contributed by atoms with E-state index in [4.69, 9.17) is 0 Å². The van der Waals surface area contributed by atoms with Gasteiger partial charge in [0.2, 0.25) is 0 Å². The van der Waals surface area contributed by atoms with Crippen LogP contribution < -0.4 is 5.32 Å². The Morgan fingerprint density at radius 1 is 1.44 bits per heavy atom. The van der Waals surface area contributed by atoms with Gasteiger partial charge in [-0.3, -0.25) is 0 Å². The molecule has 0 spiro atoms. The molecular weight excluding hydrogens is 130 g/mol. The van der Waals surface area contributed by atoms with E-state index in [9.17, 15) is 0 Å². The lowest BCUT2D eigenvalue weighted by molar-refractivity contribution is 0.243. The van der Waals surface area contributed by atoms with Crippen LogP contribution in [0.5, 0.6) is 0 Å². The Balaban J connectivity index is 1.90. The summed E-state index contributed by atoms with van der Waals surface area (Å²) in [7, 11) is 0. The summed E-state index contributed by atoms with van der Waals surface area (Å²) in [5, 5.41) is 3.47. The van der Waals surface area contributed by atoms with Crippen LogP contribution in [-0.4, -0.2) is 24.1 Å². The van der Waals surface area contributed by atoms with Crippen molar-refractivity contribution in [2.45, 2.75) is 18.9 Å². The number of nitrogens with one attached hydrogen (secondary N) is 1. The van der Waals surface area contributed by atoms with Gasteiger partial charge in [-0.2, -0.15) is 11.8 Å². The lowest BCUT2D eigenvalue weighted by Gasteiger charge is -2.36. The van der Waals surface area contributed by atoms with Gasteiger partial charge >= 0.3 is 0 Å². The van der Waals surface area contributed by atoms with Crippen molar-refractivity contribution in [3.8, 4) is 0 Å². The fraction of sp³-hybridized carbons (Fsp3) is 1.00. The van der Waals surface area contributed by atoms with Crippen molar-refractivity contribution in [1.29, 1.82) is 0 Å². The van der Waals surface area contributed by atoms with Gasteiger partial charge in [0.05, 0.1) is 0 Å². The molecule has 2 heterocycles. The topological polar surface area (TPSA) is 12.0 Å². The molecule has 52 valence electrons. The molecule has 1 nitrogen and oxygen atoms in total. The molecule has 0 aromatic heterocycles. The molecule has 2 unspecified atom stereocenters. The molecule has 2 atom stereocenters. The van der Waals surface area contributed by atoms with Crippen LogP contribution in [0, 0.1) is 5.92 Å². The van der Waals surface area contributed by atoms with Gasteiger partial charge in [0, 0.05) is 11.8 Å². The second-order valence-electron chi connectivity index (χ2n) is 2.99. The first-order chi connectivity index (χ1) is 4.47. The minimum Gasteiger partial charge on any atom is -0.312 e. The Kier molecular flexibility index (Phi) is 1.68. The molecule has 2 saturated heterocycles. The molecule has 0 bridgehead atoms. The van der Waals surface area contributed by atoms with E-state index in [0.29, 0.717) is 0 Å². The molecule has 0 aromatic carbocycles. The average Bonchev–Trinajstić information content (AvgIpc) is 1.94. The summed E-state index contributed by atoms with van der Waals surface area (Å²) in [5.41, 5.74) is 0. The standard InChI is InChI=1S/C7H13NS/c1-2-6-4-8-7(6)5-9-3-1/h6-8H,1-5H2. The zero-order valence-electron chi connectivity index (χ0n) is 5.60. The highest BCUT2D eigenvalue weighted by molar-refractivity contribution is 7.99. The number of thioether (sulfide) groups is 1. The Hall–Kier alpha value is 0.310. The van der Waals surface area contributed by atoms with Crippen LogP contribution in [0.4, 0.5) is 0 Å². The van der Waals surface area contributed by atoms with Crippen molar-refractivity contribution in [3.63, 3.8) is 0 Å². The summed E-state index contributed by atoms with van der Waals surface area (Å²) in [5.74, 6) is 3.80. The monoisotopic (exact) mass is 143 g/mol. The maximum atomic E-state index is 3.47. The molecule has 2 aliphatic heterocycles. The van der Waals surface area contributed by atoms with Crippen molar-refractivity contribution in [2.24, 2.45) is 5.92 Å². The highest BCUT2D eigenvalue weighted by Crippen LogP contribution is 2.27. The van der Waals surface area contributed by atoms with E-state index in [1.807, 2.05) is 0 Å². The molecule has 0 aliphatic carbocycles. The van der Waals surface area contributed by atoms with Crippen LogP contribution in [-0.2, 0) is 0 Å². The van der Waals surface area contributed by atoms with Crippen molar-refractivity contribution >= 4 is 11.8 Å². The molecule has 2 rings (SSSR count). The van der Waals surface area contributed by atoms with Crippen LogP contribution in [0.2, 0.25) is 0 Å². The molecule has 0 saturated carbocycles. The molecule has 0 radical (unpaired) electrons. The SMILES string of the molecule is C1CSCC2NCC2C1. The van der Waals surface area contributed by atoms with Gasteiger partial charge in [-0.25, -0.2) is 0 Å². The van der Waals surface area contributed by atoms with Gasteiger partial charge in [0.25, 0.3) is 0 Å². The largest absolute Gasteiger partial charge is 0.312 e. The maximum Gasteiger partial charge on any atom is 0.0198 e. The summed E-state index contributed by atoms with van der Waals surface area (Å²) >= 11 is 2.12. The first kappa shape index (κ1) is 6.05. The van der Waals surface area contributed by atoms with Gasteiger partial charge in [0.1, 0.15) is 0 Å². The number of hydrogen-bond acceptors (Lipinski definition) is 2. The van der Waals surface area contributed by atoms with Gasteiger partial charge in [-0.15, -0.1) is 0 Å². The first-order valence-corrected chi connectivity index (χ1v) is 4.93. The lowest BCUT2D eigenvalue weighted by atomic mass is 9.89. The molecular formula is C7H13NS. The van der Waals surface area contributed by atoms with E-state index in [1.165, 1.54) is 30.9 Å². The van der Waals surface area contributed by atoms with Gasteiger partial charge in [-0.1, -0.05) is 0 Å². The molecule has 0 aromatic rings. The van der Waals surface area contributed by atoms with Crippen LogP contribution in [0.3, 0.4) is 0 Å². The fourth-order valence-corrected chi connectivity index (χ4v) is 2.79. The number of rotatable bonds is 0. The molecule has 2 heteroatoms. The van der Waals surface area contributed by atoms with E-state index >= 15 is 0 Å². The highest BCUT2D eigenvalue weighted by atomic mass is 32.2. The second kappa shape index (κ2) is 2.51. The molecule has 1 N–H and O–H groups in total. The summed E-state index contributed by atoms with van der Waals surface area (Å²) in [6.07, 6.45) is 2.93. The lowest BCUT2D eigenvalue weighted by Crippen LogP contribution is -2.53. The molecule has 0 amide bonds. The summed E-state index contributed by atoms with van der Waals surface area (Å²) in [6, 6.07) is 0.887. The summed E-state index contributed by atoms with van der Waals surface area (Å²) < 4.78 is 0. The van der Waals surface area contributed by atoms with E-state index in [1.54, 1.807) is 0 Å². The Morgan fingerprint density at radius 2 is 2.44 bits per heavy atom. The van der Waals surface area contributed by atoms with Crippen LogP contribution >= 0.6 is 11.8 Å². The smallest absolute Gasteiger partial charge is 0.0198 e. The molecule has 2 fully saturated rings. The number of fused-ring (bicyclic) bond motifs is 1. The Morgan fingerprint density at radius 3 is 3.22 bits per heavy atom. The van der Waals surface area contributed by atoms with Crippen molar-refractivity contribution in [1.82, 2.24) is 5.32 Å². The highest BCUT2D eigenvalue weighted by Gasteiger charge is 2.30. The van der Waals surface area contributed by atoms with Crippen molar-refractivity contribution in [3.05, 3.63) is 0 Å². The van der Waals surface area contributed by atoms with Crippen molar-refractivity contribution in [2.75, 3.05) is 18.1 Å². The van der Waals surface area contributed by atoms with Gasteiger partial charge in [-0.05, 0) is 31.1 Å². The summed E-state index contributed by atoms with van der Waals surface area (Å²) in [6.45, 7) is 1.30. The Bertz CT molecular complexity index is 93.1. The third kappa shape index (κ3) is 1.10. The third-order valence-electron chi connectivity index (χ3n) is 2.37. The zero-order chi connectivity index (χ0) is 6.10. The van der Waals surface area contributed by atoms with Crippen LogP contribution in [0.25, 0.3) is 0 Å². The van der Waals surface area contributed by atoms with E-state index in [-0.39, 0.29) is 0 Å². The quantitative estimate of drug-likeness (QED) is 0.545. The minimum absolute atomic E-state index is 0.887. The third-order valence-corrected chi connectivity index (χ3v) is 3.54.